The van der Waals surface area contributed by atoms with Crippen LogP contribution in [0.4, 0.5) is 5.69 Å². The third-order valence-electron chi connectivity index (χ3n) is 4.19. The highest BCUT2D eigenvalue weighted by atomic mass is 32.2. The maximum Gasteiger partial charge on any atom is 0.234 e. The third kappa shape index (κ3) is 4.67. The van der Waals surface area contributed by atoms with Crippen molar-refractivity contribution in [2.24, 2.45) is 0 Å². The van der Waals surface area contributed by atoms with Crippen molar-refractivity contribution in [3.05, 3.63) is 59.7 Å². The highest BCUT2D eigenvalue weighted by molar-refractivity contribution is 7.99. The maximum absolute atomic E-state index is 12.3. The van der Waals surface area contributed by atoms with Crippen LogP contribution in [0.1, 0.15) is 29.8 Å². The van der Waals surface area contributed by atoms with Gasteiger partial charge < -0.3 is 9.88 Å². The van der Waals surface area contributed by atoms with Gasteiger partial charge in [0.25, 0.3) is 0 Å². The zero-order valence-corrected chi connectivity index (χ0v) is 16.9. The van der Waals surface area contributed by atoms with Crippen LogP contribution in [0, 0.1) is 6.92 Å². The van der Waals surface area contributed by atoms with Crippen LogP contribution in [0.15, 0.2) is 53.7 Å². The molecule has 0 spiro atoms. The van der Waals surface area contributed by atoms with Gasteiger partial charge in [-0.3, -0.25) is 9.59 Å². The molecular formula is C21H22N4O2S. The molecule has 144 valence electrons. The number of ketones is 1. The number of nitrogens with one attached hydrogen (secondary N) is 1. The van der Waals surface area contributed by atoms with E-state index in [2.05, 4.69) is 21.6 Å². The van der Waals surface area contributed by atoms with Gasteiger partial charge in [0.15, 0.2) is 16.8 Å². The Morgan fingerprint density at radius 3 is 2.61 bits per heavy atom. The topological polar surface area (TPSA) is 76.9 Å². The standard InChI is InChI=1S/C21H22N4O2S/c1-4-25-20(17-9-5-7-14(2)11-17)23-24-21(25)28-13-19(27)22-18-10-6-8-16(12-18)15(3)26/h5-12H,4,13H2,1-3H3,(H,22,27). The lowest BCUT2D eigenvalue weighted by Gasteiger charge is -2.08. The van der Waals surface area contributed by atoms with Crippen molar-refractivity contribution in [2.45, 2.75) is 32.5 Å². The Morgan fingerprint density at radius 1 is 1.11 bits per heavy atom. The molecule has 0 saturated carbocycles. The molecule has 1 N–H and O–H groups in total. The maximum atomic E-state index is 12.3. The predicted molar refractivity (Wildman–Crippen MR) is 112 cm³/mol. The number of hydrogen-bond acceptors (Lipinski definition) is 5. The predicted octanol–water partition coefficient (Wildman–Crippen LogP) is 4.21. The molecule has 0 bridgehead atoms. The summed E-state index contributed by atoms with van der Waals surface area (Å²) in [6.07, 6.45) is 0. The summed E-state index contributed by atoms with van der Waals surface area (Å²) in [6, 6.07) is 15.0. The molecule has 3 aromatic rings. The van der Waals surface area contributed by atoms with Crippen molar-refractivity contribution in [3.63, 3.8) is 0 Å². The highest BCUT2D eigenvalue weighted by Gasteiger charge is 2.15. The van der Waals surface area contributed by atoms with Gasteiger partial charge in [0.05, 0.1) is 5.75 Å². The molecule has 0 aliphatic rings. The van der Waals surface area contributed by atoms with E-state index in [0.717, 1.165) is 17.0 Å². The Labute approximate surface area is 168 Å². The number of amides is 1. The molecule has 1 aromatic heterocycles. The van der Waals surface area contributed by atoms with Crippen LogP contribution < -0.4 is 5.32 Å². The Balaban J connectivity index is 1.68. The van der Waals surface area contributed by atoms with Crippen molar-refractivity contribution in [1.82, 2.24) is 14.8 Å². The minimum absolute atomic E-state index is 0.0369. The van der Waals surface area contributed by atoms with Crippen LogP contribution in [0.3, 0.4) is 0 Å². The molecule has 2 aromatic carbocycles. The molecule has 0 aliphatic carbocycles. The van der Waals surface area contributed by atoms with Crippen molar-refractivity contribution < 1.29 is 9.59 Å². The van der Waals surface area contributed by atoms with E-state index in [4.69, 9.17) is 0 Å². The zero-order valence-electron chi connectivity index (χ0n) is 16.1. The van der Waals surface area contributed by atoms with Crippen molar-refractivity contribution in [3.8, 4) is 11.4 Å². The molecule has 0 saturated heterocycles. The summed E-state index contributed by atoms with van der Waals surface area (Å²) in [7, 11) is 0. The summed E-state index contributed by atoms with van der Waals surface area (Å²) < 4.78 is 2.00. The van der Waals surface area contributed by atoms with Gasteiger partial charge in [0, 0.05) is 23.4 Å². The smallest absolute Gasteiger partial charge is 0.234 e. The third-order valence-corrected chi connectivity index (χ3v) is 5.16. The molecule has 0 radical (unpaired) electrons. The number of carbonyl (C=O) groups excluding carboxylic acids is 2. The number of rotatable bonds is 7. The van der Waals surface area contributed by atoms with E-state index >= 15 is 0 Å². The van der Waals surface area contributed by atoms with E-state index in [0.29, 0.717) is 23.0 Å². The molecule has 6 nitrogen and oxygen atoms in total. The van der Waals surface area contributed by atoms with E-state index in [1.807, 2.05) is 36.6 Å². The number of thioether (sulfide) groups is 1. The van der Waals surface area contributed by atoms with Gasteiger partial charge in [0.1, 0.15) is 0 Å². The van der Waals surface area contributed by atoms with Gasteiger partial charge in [-0.25, -0.2) is 0 Å². The zero-order chi connectivity index (χ0) is 20.1. The molecular weight excluding hydrogens is 372 g/mol. The van der Waals surface area contributed by atoms with E-state index in [9.17, 15) is 9.59 Å². The second-order valence-electron chi connectivity index (χ2n) is 6.39. The number of aromatic nitrogens is 3. The molecule has 3 rings (SSSR count). The fraction of sp³-hybridized carbons (Fsp3) is 0.238. The second kappa shape index (κ2) is 8.84. The van der Waals surface area contributed by atoms with Gasteiger partial charge in [-0.1, -0.05) is 47.7 Å². The van der Waals surface area contributed by atoms with Crippen LogP contribution in [0.25, 0.3) is 11.4 Å². The molecule has 0 unspecified atom stereocenters. The van der Waals surface area contributed by atoms with E-state index in [1.54, 1.807) is 24.3 Å². The normalized spacial score (nSPS) is 10.7. The Bertz CT molecular complexity index is 1010. The summed E-state index contributed by atoms with van der Waals surface area (Å²) in [6.45, 7) is 6.28. The van der Waals surface area contributed by atoms with E-state index < -0.39 is 0 Å². The average molecular weight is 395 g/mol. The number of hydrogen-bond donors (Lipinski definition) is 1. The van der Waals surface area contributed by atoms with Gasteiger partial charge in [-0.15, -0.1) is 10.2 Å². The largest absolute Gasteiger partial charge is 0.325 e. The molecule has 0 atom stereocenters. The fourth-order valence-corrected chi connectivity index (χ4v) is 3.62. The van der Waals surface area contributed by atoms with Crippen molar-refractivity contribution in [2.75, 3.05) is 11.1 Å². The first kappa shape index (κ1) is 19.8. The van der Waals surface area contributed by atoms with Gasteiger partial charge in [-0.05, 0) is 39.0 Å². The van der Waals surface area contributed by atoms with Crippen molar-refractivity contribution in [1.29, 1.82) is 0 Å². The van der Waals surface area contributed by atoms with E-state index in [1.165, 1.54) is 18.7 Å². The van der Waals surface area contributed by atoms with Gasteiger partial charge >= 0.3 is 0 Å². The fourth-order valence-electron chi connectivity index (χ4n) is 2.82. The first-order valence-corrected chi connectivity index (χ1v) is 10.0. The lowest BCUT2D eigenvalue weighted by molar-refractivity contribution is -0.113. The molecule has 0 fully saturated rings. The van der Waals surface area contributed by atoms with Crippen LogP contribution in [0.2, 0.25) is 0 Å². The summed E-state index contributed by atoms with van der Waals surface area (Å²) >= 11 is 1.34. The number of Topliss-reactive ketones (excluding diaryl/α,β-unsaturated/α-hetero) is 1. The van der Waals surface area contributed by atoms with Crippen LogP contribution in [0.5, 0.6) is 0 Å². The Morgan fingerprint density at radius 2 is 1.89 bits per heavy atom. The SMILES string of the molecule is CCn1c(SCC(=O)Nc2cccc(C(C)=O)c2)nnc1-c1cccc(C)c1. The van der Waals surface area contributed by atoms with Gasteiger partial charge in [0.2, 0.25) is 5.91 Å². The number of anilines is 1. The first-order valence-electron chi connectivity index (χ1n) is 9.02. The number of nitrogens with zero attached hydrogens (tertiary/aromatic N) is 3. The van der Waals surface area contributed by atoms with Crippen molar-refractivity contribution >= 4 is 29.1 Å². The summed E-state index contributed by atoms with van der Waals surface area (Å²) in [5.41, 5.74) is 3.34. The highest BCUT2D eigenvalue weighted by Crippen LogP contribution is 2.24. The van der Waals surface area contributed by atoms with Gasteiger partial charge in [-0.2, -0.15) is 0 Å². The Kier molecular flexibility index (Phi) is 6.26. The second-order valence-corrected chi connectivity index (χ2v) is 7.34. The lowest BCUT2D eigenvalue weighted by atomic mass is 10.1. The molecule has 28 heavy (non-hydrogen) atoms. The average Bonchev–Trinajstić information content (AvgIpc) is 3.09. The lowest BCUT2D eigenvalue weighted by Crippen LogP contribution is -2.15. The molecule has 7 heteroatoms. The summed E-state index contributed by atoms with van der Waals surface area (Å²) in [4.78, 5) is 23.8. The molecule has 1 amide bonds. The minimum Gasteiger partial charge on any atom is -0.325 e. The minimum atomic E-state index is -0.159. The molecule has 1 heterocycles. The Hall–Kier alpha value is -2.93. The molecule has 0 aliphatic heterocycles. The van der Waals surface area contributed by atoms with E-state index in [-0.39, 0.29) is 17.4 Å². The quantitative estimate of drug-likeness (QED) is 0.480. The van der Waals surface area contributed by atoms with Crippen LogP contribution >= 0.6 is 11.8 Å². The number of carbonyl (C=O) groups is 2. The van der Waals surface area contributed by atoms with Crippen LogP contribution in [-0.4, -0.2) is 32.2 Å². The monoisotopic (exact) mass is 394 g/mol. The number of benzene rings is 2. The number of aryl methyl sites for hydroxylation is 1. The summed E-state index contributed by atoms with van der Waals surface area (Å²) in [5, 5.41) is 12.1. The first-order chi connectivity index (χ1) is 13.5. The van der Waals surface area contributed by atoms with Crippen LogP contribution in [-0.2, 0) is 11.3 Å². The summed E-state index contributed by atoms with van der Waals surface area (Å²) in [5.74, 6) is 0.804.